The third-order valence-electron chi connectivity index (χ3n) is 1.76. The summed E-state index contributed by atoms with van der Waals surface area (Å²) >= 11 is 0. The highest BCUT2D eigenvalue weighted by molar-refractivity contribution is 5.39. The summed E-state index contributed by atoms with van der Waals surface area (Å²) in [6.45, 7) is 2.61. The third kappa shape index (κ3) is 2.75. The zero-order valence-corrected chi connectivity index (χ0v) is 8.72. The van der Waals surface area contributed by atoms with E-state index < -0.39 is 0 Å². The molecule has 0 aromatic carbocycles. The second-order valence-electron chi connectivity index (χ2n) is 2.82. The van der Waals surface area contributed by atoms with E-state index in [0.29, 0.717) is 12.4 Å². The maximum absolute atomic E-state index is 5.00. The summed E-state index contributed by atoms with van der Waals surface area (Å²) in [6.07, 6.45) is 0. The molecule has 0 unspecified atom stereocenters. The molecular formula is C11H14N2O. The van der Waals surface area contributed by atoms with Crippen LogP contribution in [0.2, 0.25) is 0 Å². The molecule has 1 heterocycles. The van der Waals surface area contributed by atoms with Gasteiger partial charge in [-0.3, -0.25) is 0 Å². The second-order valence-corrected chi connectivity index (χ2v) is 2.82. The van der Waals surface area contributed by atoms with Crippen LogP contribution in [0.5, 0.6) is 5.88 Å². The van der Waals surface area contributed by atoms with Crippen LogP contribution in [-0.2, 0) is 0 Å². The van der Waals surface area contributed by atoms with E-state index in [1.807, 2.05) is 26.1 Å². The van der Waals surface area contributed by atoms with E-state index in [4.69, 9.17) is 4.74 Å². The zero-order valence-electron chi connectivity index (χ0n) is 8.72. The minimum absolute atomic E-state index is 0.627. The normalized spacial score (nSPS) is 9.07. The van der Waals surface area contributed by atoms with E-state index in [0.717, 1.165) is 11.3 Å². The number of hydrogen-bond acceptors (Lipinski definition) is 3. The van der Waals surface area contributed by atoms with Crippen LogP contribution < -0.4 is 10.1 Å². The lowest BCUT2D eigenvalue weighted by Gasteiger charge is -2.01. The van der Waals surface area contributed by atoms with Gasteiger partial charge in [-0.2, -0.15) is 0 Å². The Balaban J connectivity index is 2.85. The van der Waals surface area contributed by atoms with Gasteiger partial charge in [-0.25, -0.2) is 4.98 Å². The molecular weight excluding hydrogens is 176 g/mol. The van der Waals surface area contributed by atoms with Crippen molar-refractivity contribution in [3.8, 4) is 17.7 Å². The Morgan fingerprint density at radius 3 is 2.86 bits per heavy atom. The smallest absolute Gasteiger partial charge is 0.213 e. The molecule has 0 amide bonds. The molecule has 1 aromatic rings. The number of aromatic nitrogens is 1. The Kier molecular flexibility index (Phi) is 3.96. The summed E-state index contributed by atoms with van der Waals surface area (Å²) in [4.78, 5) is 4.23. The van der Waals surface area contributed by atoms with E-state index in [1.165, 1.54) is 0 Å². The fourth-order valence-electron chi connectivity index (χ4n) is 1.01. The molecule has 0 aliphatic heterocycles. The number of aryl methyl sites for hydroxylation is 1. The van der Waals surface area contributed by atoms with Crippen molar-refractivity contribution < 1.29 is 4.74 Å². The first-order valence-electron chi connectivity index (χ1n) is 4.43. The lowest BCUT2D eigenvalue weighted by Crippen LogP contribution is -2.04. The standard InChI is InChI=1S/C11H14N2O/c1-9-10(5-4-8-12-2)6-7-11(13-9)14-3/h6-7,12H,8H2,1-3H3. The molecule has 3 nitrogen and oxygen atoms in total. The first kappa shape index (κ1) is 10.6. The Labute approximate surface area is 84.5 Å². The van der Waals surface area contributed by atoms with E-state index in [2.05, 4.69) is 22.1 Å². The second kappa shape index (κ2) is 5.25. The molecule has 0 spiro atoms. The van der Waals surface area contributed by atoms with Gasteiger partial charge in [0.1, 0.15) is 0 Å². The fraction of sp³-hybridized carbons (Fsp3) is 0.364. The lowest BCUT2D eigenvalue weighted by molar-refractivity contribution is 0.397. The largest absolute Gasteiger partial charge is 0.481 e. The molecule has 0 aliphatic carbocycles. The van der Waals surface area contributed by atoms with Gasteiger partial charge < -0.3 is 10.1 Å². The minimum Gasteiger partial charge on any atom is -0.481 e. The van der Waals surface area contributed by atoms with Gasteiger partial charge in [0.2, 0.25) is 5.88 Å². The summed E-state index contributed by atoms with van der Waals surface area (Å²) < 4.78 is 5.00. The van der Waals surface area contributed by atoms with Crippen molar-refractivity contribution in [3.63, 3.8) is 0 Å². The highest BCUT2D eigenvalue weighted by atomic mass is 16.5. The van der Waals surface area contributed by atoms with Gasteiger partial charge >= 0.3 is 0 Å². The Morgan fingerprint density at radius 1 is 1.50 bits per heavy atom. The number of rotatable bonds is 2. The highest BCUT2D eigenvalue weighted by Gasteiger charge is 1.97. The maximum atomic E-state index is 5.00. The Hall–Kier alpha value is -1.53. The molecule has 3 heteroatoms. The van der Waals surface area contributed by atoms with E-state index in [1.54, 1.807) is 7.11 Å². The molecule has 0 saturated heterocycles. The van der Waals surface area contributed by atoms with Crippen molar-refractivity contribution in [2.45, 2.75) is 6.92 Å². The molecule has 0 radical (unpaired) electrons. The first-order chi connectivity index (χ1) is 6.77. The summed E-state index contributed by atoms with van der Waals surface area (Å²) in [6, 6.07) is 3.74. The van der Waals surface area contributed by atoms with Gasteiger partial charge in [0, 0.05) is 11.6 Å². The summed E-state index contributed by atoms with van der Waals surface area (Å²) in [7, 11) is 3.47. The molecule has 0 bridgehead atoms. The average molecular weight is 190 g/mol. The molecule has 0 aliphatic rings. The van der Waals surface area contributed by atoms with Gasteiger partial charge in [0.05, 0.1) is 19.3 Å². The van der Waals surface area contributed by atoms with Gasteiger partial charge in [-0.05, 0) is 20.0 Å². The molecule has 0 fully saturated rings. The van der Waals surface area contributed by atoms with Crippen molar-refractivity contribution in [1.82, 2.24) is 10.3 Å². The predicted octanol–water partition coefficient (Wildman–Crippen LogP) is 0.970. The average Bonchev–Trinajstić information content (AvgIpc) is 2.20. The summed E-state index contributed by atoms with van der Waals surface area (Å²) in [5, 5.41) is 2.96. The number of methoxy groups -OCH3 is 1. The summed E-state index contributed by atoms with van der Waals surface area (Å²) in [5.74, 6) is 6.65. The number of pyridine rings is 1. The first-order valence-corrected chi connectivity index (χ1v) is 4.43. The van der Waals surface area contributed by atoms with Crippen molar-refractivity contribution in [2.24, 2.45) is 0 Å². The lowest BCUT2D eigenvalue weighted by atomic mass is 10.2. The van der Waals surface area contributed by atoms with Crippen molar-refractivity contribution in [1.29, 1.82) is 0 Å². The predicted molar refractivity (Wildman–Crippen MR) is 56.3 cm³/mol. The minimum atomic E-state index is 0.627. The molecule has 1 aromatic heterocycles. The monoisotopic (exact) mass is 190 g/mol. The molecule has 0 saturated carbocycles. The fourth-order valence-corrected chi connectivity index (χ4v) is 1.01. The van der Waals surface area contributed by atoms with Crippen LogP contribution in [0.4, 0.5) is 0 Å². The van der Waals surface area contributed by atoms with Gasteiger partial charge in [0.15, 0.2) is 0 Å². The highest BCUT2D eigenvalue weighted by Crippen LogP contribution is 2.10. The van der Waals surface area contributed by atoms with Crippen LogP contribution in [0.1, 0.15) is 11.3 Å². The zero-order chi connectivity index (χ0) is 10.4. The van der Waals surface area contributed by atoms with Gasteiger partial charge in [-0.15, -0.1) is 0 Å². The summed E-state index contributed by atoms with van der Waals surface area (Å²) in [5.41, 5.74) is 1.84. The number of nitrogens with one attached hydrogen (secondary N) is 1. The number of ether oxygens (including phenoxy) is 1. The van der Waals surface area contributed by atoms with Crippen molar-refractivity contribution in [3.05, 3.63) is 23.4 Å². The quantitative estimate of drug-likeness (QED) is 0.706. The van der Waals surface area contributed by atoms with Crippen molar-refractivity contribution in [2.75, 3.05) is 20.7 Å². The maximum Gasteiger partial charge on any atom is 0.213 e. The molecule has 14 heavy (non-hydrogen) atoms. The van der Waals surface area contributed by atoms with Crippen LogP contribution in [0.3, 0.4) is 0 Å². The van der Waals surface area contributed by atoms with E-state index >= 15 is 0 Å². The molecule has 0 atom stereocenters. The number of nitrogens with zero attached hydrogens (tertiary/aromatic N) is 1. The van der Waals surface area contributed by atoms with Crippen LogP contribution in [0.15, 0.2) is 12.1 Å². The van der Waals surface area contributed by atoms with Crippen LogP contribution in [-0.4, -0.2) is 25.7 Å². The number of hydrogen-bond donors (Lipinski definition) is 1. The Morgan fingerprint density at radius 2 is 2.29 bits per heavy atom. The Bertz CT molecular complexity index is 363. The third-order valence-corrected chi connectivity index (χ3v) is 1.76. The van der Waals surface area contributed by atoms with E-state index in [9.17, 15) is 0 Å². The van der Waals surface area contributed by atoms with Crippen LogP contribution >= 0.6 is 0 Å². The van der Waals surface area contributed by atoms with Crippen molar-refractivity contribution >= 4 is 0 Å². The molecule has 74 valence electrons. The van der Waals surface area contributed by atoms with Gasteiger partial charge in [-0.1, -0.05) is 11.8 Å². The molecule has 1 rings (SSSR count). The van der Waals surface area contributed by atoms with E-state index in [-0.39, 0.29) is 0 Å². The SMILES string of the molecule is CNCC#Cc1ccc(OC)nc1C. The molecule has 1 N–H and O–H groups in total. The van der Waals surface area contributed by atoms with Gasteiger partial charge in [0.25, 0.3) is 0 Å². The van der Waals surface area contributed by atoms with Crippen LogP contribution in [0.25, 0.3) is 0 Å². The topological polar surface area (TPSA) is 34.1 Å². The van der Waals surface area contributed by atoms with Crippen LogP contribution in [0, 0.1) is 18.8 Å².